The number of hydrogen-bond donors (Lipinski definition) is 1. The Kier molecular flexibility index (Phi) is 4.40. The lowest BCUT2D eigenvalue weighted by molar-refractivity contribution is 0.193. The number of nitrogens with one attached hydrogen (secondary N) is 1. The molecule has 5 nitrogen and oxygen atoms in total. The van der Waals surface area contributed by atoms with E-state index in [2.05, 4.69) is 9.71 Å². The standard InChI is InChI=1S/C14H15ClN2O3S2/c1-9-11(15)3-2-4-13(9)22(18,19)17-14-16-12(8-21-14)10-5-6-20-7-10/h2-4,8,10H,5-7H2,1H3,(H,16,17). The highest BCUT2D eigenvalue weighted by Crippen LogP contribution is 2.30. The van der Waals surface area contributed by atoms with E-state index in [1.807, 2.05) is 5.38 Å². The summed E-state index contributed by atoms with van der Waals surface area (Å²) in [5.41, 5.74) is 1.40. The van der Waals surface area contributed by atoms with Crippen molar-refractivity contribution in [1.29, 1.82) is 0 Å². The molecule has 0 bridgehead atoms. The summed E-state index contributed by atoms with van der Waals surface area (Å²) in [6.45, 7) is 3.05. The molecule has 1 aromatic heterocycles. The predicted molar refractivity (Wildman–Crippen MR) is 87.3 cm³/mol. The SMILES string of the molecule is Cc1c(Cl)cccc1S(=O)(=O)Nc1nc(C2CCOC2)cs1. The maximum atomic E-state index is 12.5. The molecule has 0 saturated carbocycles. The average molecular weight is 359 g/mol. The molecule has 1 aromatic carbocycles. The summed E-state index contributed by atoms with van der Waals surface area (Å²) in [4.78, 5) is 4.54. The van der Waals surface area contributed by atoms with Crippen LogP contribution in [0, 0.1) is 6.92 Å². The first-order valence-corrected chi connectivity index (χ1v) is 9.52. The molecule has 2 heterocycles. The maximum absolute atomic E-state index is 12.5. The minimum absolute atomic E-state index is 0.168. The van der Waals surface area contributed by atoms with E-state index in [0.29, 0.717) is 22.3 Å². The van der Waals surface area contributed by atoms with Crippen LogP contribution >= 0.6 is 22.9 Å². The third-order valence-electron chi connectivity index (χ3n) is 3.60. The van der Waals surface area contributed by atoms with Gasteiger partial charge < -0.3 is 4.74 Å². The van der Waals surface area contributed by atoms with E-state index in [9.17, 15) is 8.42 Å². The summed E-state index contributed by atoms with van der Waals surface area (Å²) in [6.07, 6.45) is 0.920. The Morgan fingerprint density at radius 2 is 2.27 bits per heavy atom. The summed E-state index contributed by atoms with van der Waals surface area (Å²) < 4.78 is 32.8. The van der Waals surface area contributed by atoms with Gasteiger partial charge in [-0.05, 0) is 31.0 Å². The summed E-state index contributed by atoms with van der Waals surface area (Å²) in [5, 5.41) is 2.66. The number of ether oxygens (including phenoxy) is 1. The number of rotatable bonds is 4. The summed E-state index contributed by atoms with van der Waals surface area (Å²) in [5.74, 6) is 0.252. The van der Waals surface area contributed by atoms with Crippen LogP contribution in [0.3, 0.4) is 0 Å². The van der Waals surface area contributed by atoms with Crippen molar-refractivity contribution in [3.63, 3.8) is 0 Å². The summed E-state index contributed by atoms with van der Waals surface area (Å²) in [6, 6.07) is 4.81. The number of halogens is 1. The predicted octanol–water partition coefficient (Wildman–Crippen LogP) is 3.41. The van der Waals surface area contributed by atoms with E-state index in [1.54, 1.807) is 19.1 Å². The van der Waals surface area contributed by atoms with Crippen LogP contribution in [0.15, 0.2) is 28.5 Å². The van der Waals surface area contributed by atoms with Gasteiger partial charge in [-0.3, -0.25) is 4.72 Å². The maximum Gasteiger partial charge on any atom is 0.263 e. The van der Waals surface area contributed by atoms with Crippen LogP contribution in [0.2, 0.25) is 5.02 Å². The van der Waals surface area contributed by atoms with Gasteiger partial charge in [-0.25, -0.2) is 13.4 Å². The molecule has 3 rings (SSSR count). The van der Waals surface area contributed by atoms with Crippen molar-refractivity contribution in [2.75, 3.05) is 17.9 Å². The molecule has 1 aliphatic rings. The first-order chi connectivity index (χ1) is 10.5. The van der Waals surface area contributed by atoms with Crippen LogP contribution in [-0.4, -0.2) is 26.6 Å². The van der Waals surface area contributed by atoms with Crippen LogP contribution in [0.4, 0.5) is 5.13 Å². The Morgan fingerprint density at radius 1 is 1.45 bits per heavy atom. The van der Waals surface area contributed by atoms with Gasteiger partial charge in [0.1, 0.15) is 0 Å². The van der Waals surface area contributed by atoms with E-state index in [4.69, 9.17) is 16.3 Å². The van der Waals surface area contributed by atoms with Gasteiger partial charge in [0, 0.05) is 22.9 Å². The normalized spacial score (nSPS) is 18.5. The molecule has 0 amide bonds. The topological polar surface area (TPSA) is 68.3 Å². The summed E-state index contributed by atoms with van der Waals surface area (Å²) >= 11 is 7.27. The molecular weight excluding hydrogens is 344 g/mol. The molecule has 118 valence electrons. The van der Waals surface area contributed by atoms with Crippen LogP contribution in [0.25, 0.3) is 0 Å². The number of hydrogen-bond acceptors (Lipinski definition) is 5. The molecule has 1 atom stereocenters. The number of nitrogens with zero attached hydrogens (tertiary/aromatic N) is 1. The van der Waals surface area contributed by atoms with Gasteiger partial charge in [0.15, 0.2) is 5.13 Å². The van der Waals surface area contributed by atoms with Gasteiger partial charge in [0.05, 0.1) is 17.2 Å². The van der Waals surface area contributed by atoms with E-state index >= 15 is 0 Å². The van der Waals surface area contributed by atoms with Crippen molar-refractivity contribution in [3.05, 3.63) is 39.9 Å². The molecular formula is C14H15ClN2O3S2. The monoisotopic (exact) mass is 358 g/mol. The molecule has 1 fully saturated rings. The third-order valence-corrected chi connectivity index (χ3v) is 6.40. The minimum atomic E-state index is -3.69. The van der Waals surface area contributed by atoms with Crippen molar-refractivity contribution in [2.24, 2.45) is 0 Å². The molecule has 0 aliphatic carbocycles. The zero-order valence-electron chi connectivity index (χ0n) is 11.9. The molecule has 2 aromatic rings. The number of thiazole rings is 1. The van der Waals surface area contributed by atoms with Gasteiger partial charge in [-0.2, -0.15) is 0 Å². The Balaban J connectivity index is 1.84. The number of anilines is 1. The number of aromatic nitrogens is 1. The van der Waals surface area contributed by atoms with Crippen molar-refractivity contribution in [3.8, 4) is 0 Å². The highest BCUT2D eigenvalue weighted by atomic mass is 35.5. The molecule has 1 saturated heterocycles. The van der Waals surface area contributed by atoms with Crippen LogP contribution in [0.5, 0.6) is 0 Å². The average Bonchev–Trinajstić information content (AvgIpc) is 3.11. The molecule has 8 heteroatoms. The largest absolute Gasteiger partial charge is 0.381 e. The lowest BCUT2D eigenvalue weighted by Crippen LogP contribution is -2.14. The van der Waals surface area contributed by atoms with Crippen molar-refractivity contribution in [2.45, 2.75) is 24.2 Å². The third kappa shape index (κ3) is 3.12. The second kappa shape index (κ2) is 6.16. The highest BCUT2D eigenvalue weighted by Gasteiger charge is 2.23. The molecule has 1 unspecified atom stereocenters. The first kappa shape index (κ1) is 15.7. The Morgan fingerprint density at radius 3 is 3.00 bits per heavy atom. The van der Waals surface area contributed by atoms with Gasteiger partial charge in [0.25, 0.3) is 10.0 Å². The van der Waals surface area contributed by atoms with Gasteiger partial charge in [0.2, 0.25) is 0 Å². The Labute approximate surface area is 138 Å². The zero-order chi connectivity index (χ0) is 15.7. The van der Waals surface area contributed by atoms with Gasteiger partial charge >= 0.3 is 0 Å². The Bertz CT molecular complexity index is 783. The van der Waals surface area contributed by atoms with Crippen LogP contribution in [0.1, 0.15) is 23.6 Å². The molecule has 1 N–H and O–H groups in total. The minimum Gasteiger partial charge on any atom is -0.381 e. The molecule has 22 heavy (non-hydrogen) atoms. The quantitative estimate of drug-likeness (QED) is 0.909. The fourth-order valence-electron chi connectivity index (χ4n) is 2.34. The second-order valence-electron chi connectivity index (χ2n) is 5.11. The fraction of sp³-hybridized carbons (Fsp3) is 0.357. The van der Waals surface area contributed by atoms with E-state index < -0.39 is 10.0 Å². The van der Waals surface area contributed by atoms with Gasteiger partial charge in [-0.1, -0.05) is 17.7 Å². The molecule has 0 spiro atoms. The molecule has 1 aliphatic heterocycles. The van der Waals surface area contributed by atoms with E-state index in [-0.39, 0.29) is 10.8 Å². The number of benzene rings is 1. The molecule has 0 radical (unpaired) electrons. The van der Waals surface area contributed by atoms with Crippen molar-refractivity contribution >= 4 is 38.1 Å². The second-order valence-corrected chi connectivity index (χ2v) is 8.02. The Hall–Kier alpha value is -1.15. The van der Waals surface area contributed by atoms with E-state index in [1.165, 1.54) is 17.4 Å². The van der Waals surface area contributed by atoms with Crippen LogP contribution < -0.4 is 4.72 Å². The lowest BCUT2D eigenvalue weighted by Gasteiger charge is -2.09. The zero-order valence-corrected chi connectivity index (χ0v) is 14.3. The highest BCUT2D eigenvalue weighted by molar-refractivity contribution is 7.93. The lowest BCUT2D eigenvalue weighted by atomic mass is 10.1. The fourth-order valence-corrected chi connectivity index (χ4v) is 4.88. The summed E-state index contributed by atoms with van der Waals surface area (Å²) in [7, 11) is -3.69. The smallest absolute Gasteiger partial charge is 0.263 e. The van der Waals surface area contributed by atoms with Crippen molar-refractivity contribution < 1.29 is 13.2 Å². The number of sulfonamides is 1. The van der Waals surface area contributed by atoms with E-state index in [0.717, 1.165) is 18.7 Å². The first-order valence-electron chi connectivity index (χ1n) is 6.78. The van der Waals surface area contributed by atoms with Crippen molar-refractivity contribution in [1.82, 2.24) is 4.98 Å². The van der Waals surface area contributed by atoms with Crippen LogP contribution in [-0.2, 0) is 14.8 Å². The van der Waals surface area contributed by atoms with Gasteiger partial charge in [-0.15, -0.1) is 11.3 Å².